The third-order valence-corrected chi connectivity index (χ3v) is 5.32. The number of hydrogen-bond donors (Lipinski definition) is 1. The SMILES string of the molecule is Fc1ccc(F)c(CN2CCNc3ncc(C4=CC(Cl)=NCC4)cc32)c1Cl. The van der Waals surface area contributed by atoms with Crippen LogP contribution in [0.15, 0.2) is 35.5 Å². The van der Waals surface area contributed by atoms with Crippen molar-refractivity contribution in [2.75, 3.05) is 29.9 Å². The molecule has 4 rings (SSSR count). The summed E-state index contributed by atoms with van der Waals surface area (Å²) in [4.78, 5) is 10.6. The molecule has 0 fully saturated rings. The van der Waals surface area contributed by atoms with Crippen molar-refractivity contribution in [3.8, 4) is 0 Å². The van der Waals surface area contributed by atoms with Crippen LogP contribution in [0.25, 0.3) is 5.57 Å². The molecule has 2 aromatic rings. The van der Waals surface area contributed by atoms with Gasteiger partial charge in [-0.2, -0.15) is 0 Å². The zero-order chi connectivity index (χ0) is 19.0. The first kappa shape index (κ1) is 18.2. The highest BCUT2D eigenvalue weighted by Gasteiger charge is 2.22. The number of nitrogens with one attached hydrogen (secondary N) is 1. The van der Waals surface area contributed by atoms with Crippen molar-refractivity contribution in [2.45, 2.75) is 13.0 Å². The molecular weight excluding hydrogens is 393 g/mol. The first-order valence-electron chi connectivity index (χ1n) is 8.55. The molecule has 0 atom stereocenters. The van der Waals surface area contributed by atoms with Crippen LogP contribution >= 0.6 is 23.2 Å². The van der Waals surface area contributed by atoms with E-state index in [4.69, 9.17) is 23.2 Å². The highest BCUT2D eigenvalue weighted by molar-refractivity contribution is 6.69. The second-order valence-electron chi connectivity index (χ2n) is 6.39. The summed E-state index contributed by atoms with van der Waals surface area (Å²) in [6.45, 7) is 2.05. The summed E-state index contributed by atoms with van der Waals surface area (Å²) in [5.74, 6) is -0.450. The minimum atomic E-state index is -0.628. The molecule has 1 aromatic carbocycles. The Labute approximate surface area is 165 Å². The number of aliphatic imine (C=N–C) groups is 1. The lowest BCUT2D eigenvalue weighted by Crippen LogP contribution is -2.34. The van der Waals surface area contributed by atoms with E-state index >= 15 is 0 Å². The molecule has 2 aliphatic heterocycles. The van der Waals surface area contributed by atoms with E-state index in [1.807, 2.05) is 17.0 Å². The summed E-state index contributed by atoms with van der Waals surface area (Å²) in [6.07, 6.45) is 4.39. The number of aromatic nitrogens is 1. The summed E-state index contributed by atoms with van der Waals surface area (Å²) in [6, 6.07) is 4.12. The second-order valence-corrected chi connectivity index (χ2v) is 7.15. The molecule has 0 unspecified atom stereocenters. The number of halogens is 4. The first-order chi connectivity index (χ1) is 13.0. The summed E-state index contributed by atoms with van der Waals surface area (Å²) in [7, 11) is 0. The van der Waals surface area contributed by atoms with Gasteiger partial charge in [-0.15, -0.1) is 0 Å². The minimum Gasteiger partial charge on any atom is -0.367 e. The standard InChI is InChI=1S/C19H16Cl2F2N4/c20-17-8-11(3-4-24-17)12-7-16-19(26-9-12)25-5-6-27(16)10-13-14(22)1-2-15(23)18(13)21/h1-2,7-9H,3-6,10H2,(H,25,26). The van der Waals surface area contributed by atoms with E-state index in [9.17, 15) is 8.78 Å². The van der Waals surface area contributed by atoms with Crippen molar-refractivity contribution in [2.24, 2.45) is 4.99 Å². The summed E-state index contributed by atoms with van der Waals surface area (Å²) < 4.78 is 28.0. The molecule has 2 aliphatic rings. The Hall–Kier alpha value is -2.18. The predicted octanol–water partition coefficient (Wildman–Crippen LogP) is 4.87. The van der Waals surface area contributed by atoms with Gasteiger partial charge in [-0.1, -0.05) is 23.2 Å². The van der Waals surface area contributed by atoms with Crippen LogP contribution in [0.2, 0.25) is 5.02 Å². The maximum absolute atomic E-state index is 14.2. The molecule has 0 amide bonds. The van der Waals surface area contributed by atoms with Gasteiger partial charge in [0.2, 0.25) is 0 Å². The van der Waals surface area contributed by atoms with Crippen LogP contribution in [-0.2, 0) is 6.54 Å². The van der Waals surface area contributed by atoms with Crippen LogP contribution < -0.4 is 10.2 Å². The third-order valence-electron chi connectivity index (χ3n) is 4.68. The molecule has 140 valence electrons. The van der Waals surface area contributed by atoms with Crippen LogP contribution in [-0.4, -0.2) is 29.8 Å². The Morgan fingerprint density at radius 2 is 2.00 bits per heavy atom. The van der Waals surface area contributed by atoms with Gasteiger partial charge in [0.1, 0.15) is 22.6 Å². The third kappa shape index (κ3) is 3.64. The van der Waals surface area contributed by atoms with Crippen molar-refractivity contribution in [3.05, 3.63) is 58.3 Å². The van der Waals surface area contributed by atoms with Gasteiger partial charge in [0.05, 0.1) is 10.7 Å². The van der Waals surface area contributed by atoms with Gasteiger partial charge >= 0.3 is 0 Å². The van der Waals surface area contributed by atoms with E-state index in [1.54, 1.807) is 6.20 Å². The van der Waals surface area contributed by atoms with Gasteiger partial charge in [0.25, 0.3) is 0 Å². The number of hydrogen-bond acceptors (Lipinski definition) is 4. The predicted molar refractivity (Wildman–Crippen MR) is 106 cm³/mol. The molecule has 3 heterocycles. The fourth-order valence-corrected chi connectivity index (χ4v) is 3.71. The monoisotopic (exact) mass is 408 g/mol. The summed E-state index contributed by atoms with van der Waals surface area (Å²) in [5.41, 5.74) is 2.94. The molecular formula is C19H16Cl2F2N4. The molecule has 27 heavy (non-hydrogen) atoms. The van der Waals surface area contributed by atoms with Crippen molar-refractivity contribution in [1.82, 2.24) is 4.98 Å². The number of allylic oxidation sites excluding steroid dienone is 1. The molecule has 0 spiro atoms. The van der Waals surface area contributed by atoms with Crippen LogP contribution in [0.3, 0.4) is 0 Å². The number of pyridine rings is 1. The quantitative estimate of drug-likeness (QED) is 0.736. The normalized spacial score (nSPS) is 16.4. The largest absolute Gasteiger partial charge is 0.367 e. The molecule has 0 aliphatic carbocycles. The zero-order valence-electron chi connectivity index (χ0n) is 14.3. The van der Waals surface area contributed by atoms with E-state index in [2.05, 4.69) is 15.3 Å². The van der Waals surface area contributed by atoms with Gasteiger partial charge in [-0.25, -0.2) is 13.8 Å². The van der Waals surface area contributed by atoms with E-state index in [0.29, 0.717) is 30.6 Å². The number of benzene rings is 1. The molecule has 0 radical (unpaired) electrons. The van der Waals surface area contributed by atoms with E-state index < -0.39 is 11.6 Å². The fourth-order valence-electron chi connectivity index (χ4n) is 3.28. The van der Waals surface area contributed by atoms with Crippen LogP contribution in [0.1, 0.15) is 17.5 Å². The lowest BCUT2D eigenvalue weighted by Gasteiger charge is -2.32. The maximum atomic E-state index is 14.2. The number of dihydropyridines is 1. The maximum Gasteiger partial charge on any atom is 0.149 e. The molecule has 8 heteroatoms. The smallest absolute Gasteiger partial charge is 0.149 e. The van der Waals surface area contributed by atoms with E-state index in [0.717, 1.165) is 35.4 Å². The average molecular weight is 409 g/mol. The lowest BCUT2D eigenvalue weighted by atomic mass is 10.0. The van der Waals surface area contributed by atoms with E-state index in [1.165, 1.54) is 0 Å². The van der Waals surface area contributed by atoms with Crippen molar-refractivity contribution >= 4 is 45.5 Å². The Kier molecular flexibility index (Phi) is 5.02. The molecule has 1 aromatic heterocycles. The van der Waals surface area contributed by atoms with Crippen LogP contribution in [0, 0.1) is 11.6 Å². The zero-order valence-corrected chi connectivity index (χ0v) is 15.8. The highest BCUT2D eigenvalue weighted by atomic mass is 35.5. The first-order valence-corrected chi connectivity index (χ1v) is 9.30. The highest BCUT2D eigenvalue weighted by Crippen LogP contribution is 2.34. The fraction of sp³-hybridized carbons (Fsp3) is 0.263. The number of anilines is 2. The summed E-state index contributed by atoms with van der Waals surface area (Å²) in [5, 5.41) is 3.52. The van der Waals surface area contributed by atoms with Crippen molar-refractivity contribution in [1.29, 1.82) is 0 Å². The van der Waals surface area contributed by atoms with Gasteiger partial charge in [-0.3, -0.25) is 4.99 Å². The van der Waals surface area contributed by atoms with Crippen LogP contribution in [0.4, 0.5) is 20.3 Å². The van der Waals surface area contributed by atoms with Crippen molar-refractivity contribution < 1.29 is 8.78 Å². The molecule has 4 nitrogen and oxygen atoms in total. The Balaban J connectivity index is 1.70. The minimum absolute atomic E-state index is 0.141. The Morgan fingerprint density at radius 1 is 1.19 bits per heavy atom. The Bertz CT molecular complexity index is 959. The van der Waals surface area contributed by atoms with E-state index in [-0.39, 0.29) is 17.1 Å². The topological polar surface area (TPSA) is 40.5 Å². The second kappa shape index (κ2) is 7.44. The lowest BCUT2D eigenvalue weighted by molar-refractivity contribution is 0.581. The molecule has 1 N–H and O–H groups in total. The molecule has 0 saturated heterocycles. The molecule has 0 bridgehead atoms. The number of nitrogens with zero attached hydrogens (tertiary/aromatic N) is 3. The van der Waals surface area contributed by atoms with Gasteiger partial charge in [-0.05, 0) is 41.8 Å². The Morgan fingerprint density at radius 3 is 2.81 bits per heavy atom. The summed E-state index contributed by atoms with van der Waals surface area (Å²) >= 11 is 12.0. The van der Waals surface area contributed by atoms with Gasteiger partial charge < -0.3 is 10.2 Å². The van der Waals surface area contributed by atoms with Gasteiger partial charge in [0.15, 0.2) is 0 Å². The van der Waals surface area contributed by atoms with Gasteiger partial charge in [0, 0.05) is 37.9 Å². The number of rotatable bonds is 3. The van der Waals surface area contributed by atoms with Crippen molar-refractivity contribution in [3.63, 3.8) is 0 Å². The number of fused-ring (bicyclic) bond motifs is 1. The van der Waals surface area contributed by atoms with Crippen LogP contribution in [0.5, 0.6) is 0 Å². The average Bonchev–Trinajstić information content (AvgIpc) is 2.68. The molecule has 0 saturated carbocycles.